The van der Waals surface area contributed by atoms with Crippen LogP contribution in [0.1, 0.15) is 38.3 Å². The van der Waals surface area contributed by atoms with Crippen molar-refractivity contribution in [2.24, 2.45) is 5.41 Å². The predicted octanol–water partition coefficient (Wildman–Crippen LogP) is 3.70. The third kappa shape index (κ3) is 4.47. The summed E-state index contributed by atoms with van der Waals surface area (Å²) in [4.78, 5) is 0. The molecule has 1 unspecified atom stereocenters. The van der Waals surface area contributed by atoms with Crippen LogP contribution < -0.4 is 5.32 Å². The molecule has 1 atom stereocenters. The Bertz CT molecular complexity index is 345. The monoisotopic (exact) mass is 237 g/mol. The summed E-state index contributed by atoms with van der Waals surface area (Å²) in [5.74, 6) is -0.128. The van der Waals surface area contributed by atoms with E-state index in [1.165, 1.54) is 0 Å². The van der Waals surface area contributed by atoms with Crippen LogP contribution in [0.3, 0.4) is 0 Å². The van der Waals surface area contributed by atoms with Crippen molar-refractivity contribution in [1.82, 2.24) is 5.32 Å². The van der Waals surface area contributed by atoms with Crippen LogP contribution in [0.25, 0.3) is 0 Å². The topological polar surface area (TPSA) is 12.0 Å². The lowest BCUT2D eigenvalue weighted by Gasteiger charge is -2.30. The molecule has 0 bridgehead atoms. The summed E-state index contributed by atoms with van der Waals surface area (Å²) in [6.07, 6.45) is 1.95. The summed E-state index contributed by atoms with van der Waals surface area (Å²) in [6, 6.07) is 5.73. The highest BCUT2D eigenvalue weighted by molar-refractivity contribution is 5.23. The number of hydrogen-bond acceptors (Lipinski definition) is 1. The van der Waals surface area contributed by atoms with Crippen LogP contribution in [0.15, 0.2) is 18.2 Å². The molecular weight excluding hydrogens is 213 g/mol. The van der Waals surface area contributed by atoms with Crippen molar-refractivity contribution in [1.29, 1.82) is 0 Å². The Morgan fingerprint density at radius 3 is 2.35 bits per heavy atom. The summed E-state index contributed by atoms with van der Waals surface area (Å²) >= 11 is 0. The smallest absolute Gasteiger partial charge is 0.123 e. The largest absolute Gasteiger partial charge is 0.316 e. The lowest BCUT2D eigenvalue weighted by atomic mass is 9.83. The molecule has 0 heterocycles. The quantitative estimate of drug-likeness (QED) is 0.842. The second kappa shape index (κ2) is 5.63. The van der Waals surface area contributed by atoms with Crippen LogP contribution >= 0.6 is 0 Å². The highest BCUT2D eigenvalue weighted by Gasteiger charge is 2.22. The standard InChI is InChI=1S/C15H24FN/c1-11-8-12(10-13(16)9-11)6-7-14(17-5)15(2,3)4/h8-10,14,17H,6-7H2,1-5H3. The fraction of sp³-hybridized carbons (Fsp3) is 0.600. The van der Waals surface area contributed by atoms with Gasteiger partial charge in [-0.05, 0) is 55.5 Å². The van der Waals surface area contributed by atoms with Crippen molar-refractivity contribution in [2.75, 3.05) is 7.05 Å². The summed E-state index contributed by atoms with van der Waals surface area (Å²) in [5.41, 5.74) is 2.32. The zero-order valence-electron chi connectivity index (χ0n) is 11.6. The van der Waals surface area contributed by atoms with Gasteiger partial charge >= 0.3 is 0 Å². The minimum absolute atomic E-state index is 0.128. The first kappa shape index (κ1) is 14.2. The molecule has 0 saturated carbocycles. The first-order chi connectivity index (χ1) is 7.82. The highest BCUT2D eigenvalue weighted by Crippen LogP contribution is 2.23. The number of halogens is 1. The van der Waals surface area contributed by atoms with Crippen LogP contribution in [0.4, 0.5) is 4.39 Å². The van der Waals surface area contributed by atoms with E-state index in [-0.39, 0.29) is 11.2 Å². The second-order valence-electron chi connectivity index (χ2n) is 5.88. The normalized spacial score (nSPS) is 13.8. The fourth-order valence-electron chi connectivity index (χ4n) is 2.28. The summed E-state index contributed by atoms with van der Waals surface area (Å²) < 4.78 is 13.3. The van der Waals surface area contributed by atoms with Gasteiger partial charge in [0.15, 0.2) is 0 Å². The van der Waals surface area contributed by atoms with E-state index in [0.717, 1.165) is 24.0 Å². The molecular formula is C15H24FN. The molecule has 96 valence electrons. The Morgan fingerprint density at radius 1 is 1.24 bits per heavy atom. The van der Waals surface area contributed by atoms with Crippen LogP contribution in [0.5, 0.6) is 0 Å². The Morgan fingerprint density at radius 2 is 1.88 bits per heavy atom. The first-order valence-electron chi connectivity index (χ1n) is 6.26. The average molecular weight is 237 g/mol. The van der Waals surface area contributed by atoms with Crippen molar-refractivity contribution in [3.05, 3.63) is 35.1 Å². The maximum absolute atomic E-state index is 13.3. The predicted molar refractivity (Wildman–Crippen MR) is 71.8 cm³/mol. The SMILES string of the molecule is CNC(CCc1cc(C)cc(F)c1)C(C)(C)C. The molecule has 1 N–H and O–H groups in total. The van der Waals surface area contributed by atoms with Crippen molar-refractivity contribution in [2.45, 2.75) is 46.6 Å². The van der Waals surface area contributed by atoms with Crippen LogP contribution in [-0.2, 0) is 6.42 Å². The molecule has 0 amide bonds. The van der Waals surface area contributed by atoms with Gasteiger partial charge in [-0.2, -0.15) is 0 Å². The Hall–Kier alpha value is -0.890. The van der Waals surface area contributed by atoms with E-state index >= 15 is 0 Å². The minimum Gasteiger partial charge on any atom is -0.316 e. The number of nitrogens with one attached hydrogen (secondary N) is 1. The van der Waals surface area contributed by atoms with Gasteiger partial charge in [-0.25, -0.2) is 4.39 Å². The summed E-state index contributed by atoms with van der Waals surface area (Å²) in [7, 11) is 1.99. The zero-order chi connectivity index (χ0) is 13.1. The maximum Gasteiger partial charge on any atom is 0.123 e. The average Bonchev–Trinajstić information content (AvgIpc) is 2.14. The van der Waals surface area contributed by atoms with Gasteiger partial charge in [0.2, 0.25) is 0 Å². The molecule has 0 fully saturated rings. The van der Waals surface area contributed by atoms with Crippen molar-refractivity contribution in [3.63, 3.8) is 0 Å². The molecule has 17 heavy (non-hydrogen) atoms. The molecule has 1 aromatic carbocycles. The van der Waals surface area contributed by atoms with Gasteiger partial charge in [-0.1, -0.05) is 26.8 Å². The minimum atomic E-state index is -0.128. The highest BCUT2D eigenvalue weighted by atomic mass is 19.1. The molecule has 0 aliphatic rings. The lowest BCUT2D eigenvalue weighted by Crippen LogP contribution is -2.38. The molecule has 0 aliphatic heterocycles. The molecule has 2 heteroatoms. The molecule has 1 rings (SSSR count). The second-order valence-corrected chi connectivity index (χ2v) is 5.88. The van der Waals surface area contributed by atoms with Crippen molar-refractivity contribution in [3.8, 4) is 0 Å². The molecule has 0 radical (unpaired) electrons. The van der Waals surface area contributed by atoms with Gasteiger partial charge in [-0.3, -0.25) is 0 Å². The lowest BCUT2D eigenvalue weighted by molar-refractivity contribution is 0.268. The van der Waals surface area contributed by atoms with E-state index in [1.807, 2.05) is 14.0 Å². The van der Waals surface area contributed by atoms with E-state index in [0.29, 0.717) is 6.04 Å². The van der Waals surface area contributed by atoms with E-state index in [2.05, 4.69) is 32.2 Å². The number of hydrogen-bond donors (Lipinski definition) is 1. The van der Waals surface area contributed by atoms with Crippen molar-refractivity contribution < 1.29 is 4.39 Å². The van der Waals surface area contributed by atoms with E-state index in [9.17, 15) is 4.39 Å². The maximum atomic E-state index is 13.3. The van der Waals surface area contributed by atoms with Gasteiger partial charge in [0.05, 0.1) is 0 Å². The summed E-state index contributed by atoms with van der Waals surface area (Å²) in [6.45, 7) is 8.62. The zero-order valence-corrected chi connectivity index (χ0v) is 11.6. The first-order valence-corrected chi connectivity index (χ1v) is 6.26. The third-order valence-electron chi connectivity index (χ3n) is 3.22. The van der Waals surface area contributed by atoms with Gasteiger partial charge < -0.3 is 5.32 Å². The van der Waals surface area contributed by atoms with E-state index < -0.39 is 0 Å². The molecule has 0 aromatic heterocycles. The third-order valence-corrected chi connectivity index (χ3v) is 3.22. The number of rotatable bonds is 4. The number of benzene rings is 1. The van der Waals surface area contributed by atoms with E-state index in [4.69, 9.17) is 0 Å². The van der Waals surface area contributed by atoms with Crippen LogP contribution in [-0.4, -0.2) is 13.1 Å². The fourth-order valence-corrected chi connectivity index (χ4v) is 2.28. The molecule has 0 saturated heterocycles. The Balaban J connectivity index is 2.66. The van der Waals surface area contributed by atoms with Crippen LogP contribution in [0.2, 0.25) is 0 Å². The molecule has 0 aliphatic carbocycles. The van der Waals surface area contributed by atoms with Gasteiger partial charge in [0, 0.05) is 6.04 Å². The Labute approximate surface area is 104 Å². The molecule has 1 aromatic rings. The van der Waals surface area contributed by atoms with Crippen molar-refractivity contribution >= 4 is 0 Å². The van der Waals surface area contributed by atoms with E-state index in [1.54, 1.807) is 12.1 Å². The molecule has 0 spiro atoms. The van der Waals surface area contributed by atoms with Gasteiger partial charge in [0.25, 0.3) is 0 Å². The van der Waals surface area contributed by atoms with Gasteiger partial charge in [-0.15, -0.1) is 0 Å². The number of aryl methyl sites for hydroxylation is 2. The molecule has 1 nitrogen and oxygen atoms in total. The van der Waals surface area contributed by atoms with Gasteiger partial charge in [0.1, 0.15) is 5.82 Å². The summed E-state index contributed by atoms with van der Waals surface area (Å²) in [5, 5.41) is 3.35. The Kier molecular flexibility index (Phi) is 4.70. The van der Waals surface area contributed by atoms with Crippen LogP contribution in [0, 0.1) is 18.2 Å².